The van der Waals surface area contributed by atoms with E-state index in [1.165, 1.54) is 32.1 Å². The van der Waals surface area contributed by atoms with Crippen LogP contribution < -0.4 is 5.11 Å². The Morgan fingerprint density at radius 2 is 1.88 bits per heavy atom. The topological polar surface area (TPSA) is 49.4 Å². The number of carboxylic acid groups (broad SMARTS) is 1. The molecule has 0 bridgehead atoms. The van der Waals surface area contributed by atoms with Crippen molar-refractivity contribution in [3.05, 3.63) is 0 Å². The fourth-order valence-electron chi connectivity index (χ4n) is 2.20. The molecule has 1 unspecified atom stereocenters. The van der Waals surface area contributed by atoms with Gasteiger partial charge >= 0.3 is 0 Å². The second-order valence-electron chi connectivity index (χ2n) is 5.22. The van der Waals surface area contributed by atoms with Crippen molar-refractivity contribution in [3.8, 4) is 0 Å². The van der Waals surface area contributed by atoms with Crippen LogP contribution in [0.15, 0.2) is 0 Å². The van der Waals surface area contributed by atoms with Gasteiger partial charge < -0.3 is 14.6 Å². The van der Waals surface area contributed by atoms with Crippen LogP contribution in [0.3, 0.4) is 0 Å². The van der Waals surface area contributed by atoms with Gasteiger partial charge in [0.1, 0.15) is 0 Å². The summed E-state index contributed by atoms with van der Waals surface area (Å²) in [5, 5.41) is 9.03. The van der Waals surface area contributed by atoms with Gasteiger partial charge in [-0.1, -0.05) is 40.0 Å². The van der Waals surface area contributed by atoms with E-state index in [-0.39, 0.29) is 0 Å². The highest BCUT2D eigenvalue weighted by Crippen LogP contribution is 2.33. The number of ether oxygens (including phenoxy) is 1. The fourth-order valence-corrected chi connectivity index (χ4v) is 2.20. The maximum absolute atomic E-state index is 9.03. The summed E-state index contributed by atoms with van der Waals surface area (Å²) < 4.78 is 3.56. The van der Waals surface area contributed by atoms with Crippen molar-refractivity contribution in [3.63, 3.8) is 0 Å². The van der Waals surface area contributed by atoms with Crippen molar-refractivity contribution in [2.45, 2.75) is 52.9 Å². The molecule has 0 aliphatic heterocycles. The molecule has 0 spiro atoms. The van der Waals surface area contributed by atoms with E-state index in [1.807, 2.05) is 0 Å². The first-order valence-electron chi connectivity index (χ1n) is 6.20. The van der Waals surface area contributed by atoms with Crippen molar-refractivity contribution in [1.29, 1.82) is 0 Å². The summed E-state index contributed by atoms with van der Waals surface area (Å²) in [6, 6.07) is 0. The molecule has 1 aliphatic rings. The normalized spacial score (nSPS) is 17.1. The van der Waals surface area contributed by atoms with Crippen molar-refractivity contribution in [1.82, 2.24) is 0 Å². The molecule has 1 saturated carbocycles. The number of rotatable bonds is 4. The summed E-state index contributed by atoms with van der Waals surface area (Å²) in [5.41, 5.74) is 0. The van der Waals surface area contributed by atoms with E-state index in [0.29, 0.717) is 0 Å². The molecule has 1 fully saturated rings. The molecule has 0 saturated heterocycles. The molecule has 0 amide bonds. The van der Waals surface area contributed by atoms with E-state index >= 15 is 0 Å². The Balaban J connectivity index is 0.000000385. The molecule has 0 N–H and O–H groups in total. The summed E-state index contributed by atoms with van der Waals surface area (Å²) in [6.45, 7) is 7.08. The predicted molar refractivity (Wildman–Crippen MR) is 63.0 cm³/mol. The standard InChI is InChI=1S/C11H22.C2H4O3/c1-9(2)7-10(3)8-11-5-4-6-11;1-5-2(3)4/h9-11H,4-8H2,1-3H3;1H3,(H,3,4)/p-1. The van der Waals surface area contributed by atoms with E-state index in [1.54, 1.807) is 0 Å². The number of methoxy groups -OCH3 is 1. The van der Waals surface area contributed by atoms with Gasteiger partial charge in [0, 0.05) is 7.11 Å². The maximum Gasteiger partial charge on any atom is 0.251 e. The van der Waals surface area contributed by atoms with Gasteiger partial charge in [-0.25, -0.2) is 0 Å². The van der Waals surface area contributed by atoms with E-state index in [2.05, 4.69) is 25.5 Å². The zero-order valence-corrected chi connectivity index (χ0v) is 11.0. The summed E-state index contributed by atoms with van der Waals surface area (Å²) in [5.74, 6) is 2.97. The minimum absolute atomic E-state index is 0.894. The van der Waals surface area contributed by atoms with Crippen LogP contribution in [0.25, 0.3) is 0 Å². The van der Waals surface area contributed by atoms with Crippen LogP contribution in [-0.4, -0.2) is 13.3 Å². The number of carbonyl (C=O) groups excluding carboxylic acids is 1. The first-order chi connectivity index (χ1) is 7.45. The Morgan fingerprint density at radius 3 is 2.12 bits per heavy atom. The third-order valence-corrected chi connectivity index (χ3v) is 3.00. The second kappa shape index (κ2) is 8.43. The highest BCUT2D eigenvalue weighted by molar-refractivity contribution is 5.53. The molecule has 0 radical (unpaired) electrons. The van der Waals surface area contributed by atoms with Crippen LogP contribution in [0.4, 0.5) is 4.79 Å². The van der Waals surface area contributed by atoms with Gasteiger partial charge in [-0.15, -0.1) is 0 Å². The summed E-state index contributed by atoms with van der Waals surface area (Å²) >= 11 is 0. The molecule has 0 aromatic heterocycles. The third kappa shape index (κ3) is 8.57. The van der Waals surface area contributed by atoms with Gasteiger partial charge in [-0.05, 0) is 30.6 Å². The predicted octanol–water partition coefficient (Wildman–Crippen LogP) is 2.83. The monoisotopic (exact) mass is 229 g/mol. The third-order valence-electron chi connectivity index (χ3n) is 3.00. The Hall–Kier alpha value is -0.730. The van der Waals surface area contributed by atoms with Crippen LogP contribution in [0.5, 0.6) is 0 Å². The molecule has 16 heavy (non-hydrogen) atoms. The molecule has 1 atom stereocenters. The smallest absolute Gasteiger partial charge is 0.251 e. The summed E-state index contributed by atoms with van der Waals surface area (Å²) in [6.07, 6.45) is 5.96. The number of hydrogen-bond donors (Lipinski definition) is 0. The molecule has 1 rings (SSSR count). The molecule has 1 aliphatic carbocycles. The average molecular weight is 229 g/mol. The number of carbonyl (C=O) groups is 1. The van der Waals surface area contributed by atoms with Crippen LogP contribution >= 0.6 is 0 Å². The van der Waals surface area contributed by atoms with Gasteiger partial charge in [-0.3, -0.25) is 0 Å². The maximum atomic E-state index is 9.03. The van der Waals surface area contributed by atoms with Gasteiger partial charge in [0.15, 0.2) is 0 Å². The molecule has 0 heterocycles. The molecule has 3 heteroatoms. The lowest BCUT2D eigenvalue weighted by Crippen LogP contribution is -2.21. The van der Waals surface area contributed by atoms with Crippen molar-refractivity contribution >= 4 is 6.16 Å². The van der Waals surface area contributed by atoms with E-state index < -0.39 is 6.16 Å². The molecule has 0 aromatic rings. The van der Waals surface area contributed by atoms with Gasteiger partial charge in [0.25, 0.3) is 6.16 Å². The Kier molecular flexibility index (Phi) is 8.04. The van der Waals surface area contributed by atoms with Crippen LogP contribution in [0.1, 0.15) is 52.9 Å². The Morgan fingerprint density at radius 1 is 1.38 bits per heavy atom. The lowest BCUT2D eigenvalue weighted by atomic mass is 9.78. The fraction of sp³-hybridized carbons (Fsp3) is 0.923. The summed E-state index contributed by atoms with van der Waals surface area (Å²) in [4.78, 5) is 9.03. The first kappa shape index (κ1) is 15.3. The van der Waals surface area contributed by atoms with Crippen LogP contribution in [0.2, 0.25) is 0 Å². The van der Waals surface area contributed by atoms with Crippen LogP contribution in [-0.2, 0) is 4.74 Å². The number of hydrogen-bond acceptors (Lipinski definition) is 3. The molecule has 96 valence electrons. The molecular formula is C13H25O3-. The zero-order valence-electron chi connectivity index (χ0n) is 11.0. The first-order valence-corrected chi connectivity index (χ1v) is 6.20. The van der Waals surface area contributed by atoms with Crippen molar-refractivity contribution in [2.24, 2.45) is 17.8 Å². The summed E-state index contributed by atoms with van der Waals surface area (Å²) in [7, 11) is 1.04. The second-order valence-corrected chi connectivity index (χ2v) is 5.22. The lowest BCUT2D eigenvalue weighted by molar-refractivity contribution is -0.279. The van der Waals surface area contributed by atoms with E-state index in [4.69, 9.17) is 9.90 Å². The molecule has 0 aromatic carbocycles. The van der Waals surface area contributed by atoms with Crippen LogP contribution in [0, 0.1) is 17.8 Å². The van der Waals surface area contributed by atoms with Crippen molar-refractivity contribution < 1.29 is 14.6 Å². The average Bonchev–Trinajstić information content (AvgIpc) is 2.11. The molecular weight excluding hydrogens is 204 g/mol. The van der Waals surface area contributed by atoms with Crippen molar-refractivity contribution in [2.75, 3.05) is 7.11 Å². The zero-order chi connectivity index (χ0) is 12.6. The van der Waals surface area contributed by atoms with Gasteiger partial charge in [0.05, 0.1) is 0 Å². The van der Waals surface area contributed by atoms with E-state index in [0.717, 1.165) is 24.9 Å². The Bertz CT molecular complexity index is 186. The van der Waals surface area contributed by atoms with Gasteiger partial charge in [-0.2, -0.15) is 0 Å². The Labute approximate surface area is 99.2 Å². The highest BCUT2D eigenvalue weighted by Gasteiger charge is 2.19. The minimum atomic E-state index is -1.50. The van der Waals surface area contributed by atoms with Gasteiger partial charge in [0.2, 0.25) is 0 Å². The SMILES string of the molecule is CC(C)CC(C)CC1CCC1.COC(=O)[O-]. The quantitative estimate of drug-likeness (QED) is 0.696. The van der Waals surface area contributed by atoms with E-state index in [9.17, 15) is 0 Å². The lowest BCUT2D eigenvalue weighted by Gasteiger charge is -2.28. The molecule has 3 nitrogen and oxygen atoms in total. The largest absolute Gasteiger partial charge is 0.553 e. The minimum Gasteiger partial charge on any atom is -0.553 e. The highest BCUT2D eigenvalue weighted by atomic mass is 16.6.